The van der Waals surface area contributed by atoms with Gasteiger partial charge in [-0.05, 0) is 29.5 Å². The molecule has 2 aromatic rings. The van der Waals surface area contributed by atoms with Gasteiger partial charge in [0.15, 0.2) is 0 Å². The van der Waals surface area contributed by atoms with E-state index in [1.807, 2.05) is 30.5 Å². The van der Waals surface area contributed by atoms with Crippen molar-refractivity contribution in [1.29, 1.82) is 0 Å². The maximum absolute atomic E-state index is 12.1. The molecule has 0 saturated carbocycles. The Hall–Kier alpha value is -1.06. The lowest BCUT2D eigenvalue weighted by Crippen LogP contribution is -2.10. The van der Waals surface area contributed by atoms with E-state index < -0.39 is 0 Å². The summed E-state index contributed by atoms with van der Waals surface area (Å²) in [4.78, 5) is 3.11. The third-order valence-corrected chi connectivity index (χ3v) is 2.43. The predicted octanol–water partition coefficient (Wildman–Crippen LogP) is 2.95. The molecule has 0 aliphatic carbocycles. The first-order valence-corrected chi connectivity index (χ1v) is 4.70. The quantitative estimate of drug-likeness (QED) is 0.833. The smallest absolute Gasteiger partial charge is 0.0912 e. The summed E-state index contributed by atoms with van der Waals surface area (Å²) >= 11 is 0. The number of hydrogen-bond donors (Lipinski definition) is 2. The van der Waals surface area contributed by atoms with Crippen molar-refractivity contribution < 1.29 is 4.39 Å². The summed E-state index contributed by atoms with van der Waals surface area (Å²) in [6.07, 6.45) is 2.27. The lowest BCUT2D eigenvalue weighted by molar-refractivity contribution is 0.442. The SMILES string of the molecule is Cl.N[C@@H](CCF)c1ccc2cc[nH]c2c1. The zero-order valence-electron chi connectivity index (χ0n) is 8.24. The molecule has 82 valence electrons. The van der Waals surface area contributed by atoms with E-state index in [2.05, 4.69) is 4.98 Å². The van der Waals surface area contributed by atoms with E-state index in [0.717, 1.165) is 16.5 Å². The predicted molar refractivity (Wildman–Crippen MR) is 63.1 cm³/mol. The Bertz CT molecular complexity index is 427. The van der Waals surface area contributed by atoms with Gasteiger partial charge in [0.1, 0.15) is 0 Å². The van der Waals surface area contributed by atoms with Crippen LogP contribution >= 0.6 is 12.4 Å². The molecule has 0 saturated heterocycles. The van der Waals surface area contributed by atoms with Gasteiger partial charge in [-0.25, -0.2) is 0 Å². The van der Waals surface area contributed by atoms with Crippen LogP contribution in [-0.4, -0.2) is 11.7 Å². The molecule has 1 aromatic carbocycles. The molecule has 0 fully saturated rings. The summed E-state index contributed by atoms with van der Waals surface area (Å²) in [6.45, 7) is -0.371. The Kier molecular flexibility index (Phi) is 4.12. The zero-order valence-corrected chi connectivity index (χ0v) is 9.06. The van der Waals surface area contributed by atoms with Crippen LogP contribution in [0, 0.1) is 0 Å². The molecule has 2 rings (SSSR count). The highest BCUT2D eigenvalue weighted by Crippen LogP contribution is 2.19. The largest absolute Gasteiger partial charge is 0.361 e. The molecule has 0 unspecified atom stereocenters. The van der Waals surface area contributed by atoms with Crippen molar-refractivity contribution in [3.05, 3.63) is 36.0 Å². The Morgan fingerprint density at radius 1 is 1.33 bits per heavy atom. The number of hydrogen-bond acceptors (Lipinski definition) is 1. The summed E-state index contributed by atoms with van der Waals surface area (Å²) in [5, 5.41) is 1.15. The molecule has 1 heterocycles. The molecule has 0 radical (unpaired) electrons. The molecule has 0 bridgehead atoms. The second kappa shape index (κ2) is 5.14. The minimum Gasteiger partial charge on any atom is -0.361 e. The van der Waals surface area contributed by atoms with Crippen molar-refractivity contribution in [2.45, 2.75) is 12.5 Å². The Morgan fingerprint density at radius 3 is 2.87 bits per heavy atom. The number of alkyl halides is 1. The molecule has 1 aromatic heterocycles. The highest BCUT2D eigenvalue weighted by atomic mass is 35.5. The molecule has 3 N–H and O–H groups in total. The van der Waals surface area contributed by atoms with E-state index in [-0.39, 0.29) is 25.1 Å². The first-order chi connectivity index (χ1) is 6.81. The van der Waals surface area contributed by atoms with Crippen molar-refractivity contribution in [3.8, 4) is 0 Å². The third-order valence-electron chi connectivity index (χ3n) is 2.43. The topological polar surface area (TPSA) is 41.8 Å². The average molecular weight is 229 g/mol. The summed E-state index contributed by atoms with van der Waals surface area (Å²) in [6, 6.07) is 7.73. The fraction of sp³-hybridized carbons (Fsp3) is 0.273. The van der Waals surface area contributed by atoms with Gasteiger partial charge in [0.2, 0.25) is 0 Å². The zero-order chi connectivity index (χ0) is 9.97. The molecule has 15 heavy (non-hydrogen) atoms. The van der Waals surface area contributed by atoms with Crippen molar-refractivity contribution in [1.82, 2.24) is 4.98 Å². The molecule has 0 aliphatic rings. The average Bonchev–Trinajstić information content (AvgIpc) is 2.64. The highest BCUT2D eigenvalue weighted by molar-refractivity contribution is 5.85. The summed E-state index contributed by atoms with van der Waals surface area (Å²) in [5.74, 6) is 0. The van der Waals surface area contributed by atoms with Crippen LogP contribution in [0.25, 0.3) is 10.9 Å². The number of rotatable bonds is 3. The Labute approximate surface area is 94.1 Å². The first-order valence-electron chi connectivity index (χ1n) is 4.70. The molecule has 4 heteroatoms. The number of nitrogens with two attached hydrogens (primary N) is 1. The molecule has 0 spiro atoms. The number of benzene rings is 1. The number of nitrogens with one attached hydrogen (secondary N) is 1. The van der Waals surface area contributed by atoms with Gasteiger partial charge in [-0.1, -0.05) is 12.1 Å². The van der Waals surface area contributed by atoms with Gasteiger partial charge in [0.25, 0.3) is 0 Å². The second-order valence-electron chi connectivity index (χ2n) is 3.41. The van der Waals surface area contributed by atoms with Crippen molar-refractivity contribution in [2.75, 3.05) is 6.67 Å². The fourth-order valence-corrected chi connectivity index (χ4v) is 1.58. The normalized spacial score (nSPS) is 12.4. The Morgan fingerprint density at radius 2 is 2.13 bits per heavy atom. The van der Waals surface area contributed by atoms with E-state index >= 15 is 0 Å². The maximum atomic E-state index is 12.1. The minimum absolute atomic E-state index is 0. The van der Waals surface area contributed by atoms with E-state index in [4.69, 9.17) is 5.73 Å². The van der Waals surface area contributed by atoms with E-state index in [1.165, 1.54) is 0 Å². The molecule has 0 aliphatic heterocycles. The number of aromatic amines is 1. The van der Waals surface area contributed by atoms with E-state index in [9.17, 15) is 4.39 Å². The van der Waals surface area contributed by atoms with Gasteiger partial charge in [-0.15, -0.1) is 12.4 Å². The minimum atomic E-state index is -0.371. The molecule has 1 atom stereocenters. The van der Waals surface area contributed by atoms with Crippen LogP contribution < -0.4 is 5.73 Å². The van der Waals surface area contributed by atoms with Crippen LogP contribution in [0.15, 0.2) is 30.5 Å². The van der Waals surface area contributed by atoms with E-state index in [0.29, 0.717) is 6.42 Å². The summed E-state index contributed by atoms with van der Waals surface area (Å²) < 4.78 is 12.1. The molecule has 2 nitrogen and oxygen atoms in total. The van der Waals surface area contributed by atoms with Gasteiger partial charge in [-0.3, -0.25) is 4.39 Å². The van der Waals surface area contributed by atoms with Crippen LogP contribution in [0.5, 0.6) is 0 Å². The summed E-state index contributed by atoms with van der Waals surface area (Å²) in [5.41, 5.74) is 7.85. The van der Waals surface area contributed by atoms with Crippen LogP contribution in [-0.2, 0) is 0 Å². The standard InChI is InChI=1S/C11H13FN2.ClH/c12-5-3-10(13)9-2-1-8-4-6-14-11(8)7-9;/h1-2,4,6-7,10,14H,3,5,13H2;1H/t10-;/m0./s1. The highest BCUT2D eigenvalue weighted by Gasteiger charge is 2.06. The second-order valence-corrected chi connectivity index (χ2v) is 3.41. The number of H-pyrrole nitrogens is 1. The molecule has 0 amide bonds. The van der Waals surface area contributed by atoms with Crippen LogP contribution in [0.2, 0.25) is 0 Å². The monoisotopic (exact) mass is 228 g/mol. The van der Waals surface area contributed by atoms with Crippen molar-refractivity contribution >= 4 is 23.3 Å². The fourth-order valence-electron chi connectivity index (χ4n) is 1.58. The van der Waals surface area contributed by atoms with Crippen molar-refractivity contribution in [2.24, 2.45) is 5.73 Å². The Balaban J connectivity index is 0.00000112. The summed E-state index contributed by atoms with van der Waals surface area (Å²) in [7, 11) is 0. The lowest BCUT2D eigenvalue weighted by atomic mass is 10.0. The van der Waals surface area contributed by atoms with Crippen LogP contribution in [0.1, 0.15) is 18.0 Å². The third kappa shape index (κ3) is 2.49. The van der Waals surface area contributed by atoms with E-state index in [1.54, 1.807) is 0 Å². The molecular weight excluding hydrogens is 215 g/mol. The van der Waals surface area contributed by atoms with Crippen LogP contribution in [0.3, 0.4) is 0 Å². The van der Waals surface area contributed by atoms with Gasteiger partial charge >= 0.3 is 0 Å². The van der Waals surface area contributed by atoms with Crippen LogP contribution in [0.4, 0.5) is 4.39 Å². The maximum Gasteiger partial charge on any atom is 0.0912 e. The van der Waals surface area contributed by atoms with Gasteiger partial charge in [-0.2, -0.15) is 0 Å². The van der Waals surface area contributed by atoms with Gasteiger partial charge in [0.05, 0.1) is 6.67 Å². The lowest BCUT2D eigenvalue weighted by Gasteiger charge is -2.09. The molecular formula is C11H14ClFN2. The number of halogens is 2. The number of fused-ring (bicyclic) bond motifs is 1. The number of aromatic nitrogens is 1. The van der Waals surface area contributed by atoms with Gasteiger partial charge < -0.3 is 10.7 Å². The van der Waals surface area contributed by atoms with Crippen molar-refractivity contribution in [3.63, 3.8) is 0 Å². The first kappa shape index (κ1) is 12.0. The van der Waals surface area contributed by atoms with Gasteiger partial charge in [0, 0.05) is 17.8 Å².